The minimum atomic E-state index is 0.474. The molecule has 0 bridgehead atoms. The summed E-state index contributed by atoms with van der Waals surface area (Å²) < 4.78 is 6.72. The molecule has 0 aromatic heterocycles. The molecule has 94 valence electrons. The number of aryl methyl sites for hydroxylation is 1. The average Bonchev–Trinajstić information content (AvgIpc) is 2.32. The van der Waals surface area contributed by atoms with E-state index in [-0.39, 0.29) is 0 Å². The van der Waals surface area contributed by atoms with Crippen molar-refractivity contribution in [1.82, 2.24) is 0 Å². The molecule has 0 spiro atoms. The number of nitrogen functional groups attached to an aromatic ring is 1. The van der Waals surface area contributed by atoms with Crippen molar-refractivity contribution in [2.45, 2.75) is 13.5 Å². The lowest BCUT2D eigenvalue weighted by Gasteiger charge is -2.11. The van der Waals surface area contributed by atoms with E-state index >= 15 is 0 Å². The van der Waals surface area contributed by atoms with Gasteiger partial charge in [-0.2, -0.15) is 0 Å². The molecule has 0 radical (unpaired) electrons. The first-order valence-corrected chi connectivity index (χ1v) is 6.66. The Hall–Kier alpha value is -1.19. The predicted molar refractivity (Wildman–Crippen MR) is 79.1 cm³/mol. The van der Waals surface area contributed by atoms with Gasteiger partial charge in [0.1, 0.15) is 12.4 Å². The molecule has 18 heavy (non-hydrogen) atoms. The van der Waals surface area contributed by atoms with Gasteiger partial charge in [0.2, 0.25) is 0 Å². The Kier molecular flexibility index (Phi) is 4.15. The van der Waals surface area contributed by atoms with Crippen LogP contribution in [0.25, 0.3) is 0 Å². The van der Waals surface area contributed by atoms with Gasteiger partial charge >= 0.3 is 0 Å². The van der Waals surface area contributed by atoms with E-state index in [1.807, 2.05) is 43.3 Å². The third-order valence-electron chi connectivity index (χ3n) is 2.61. The number of anilines is 1. The SMILES string of the molecule is Cc1ccc(Cl)cc1OCc1ccc(N)cc1Br. The molecule has 0 atom stereocenters. The molecule has 2 aromatic carbocycles. The van der Waals surface area contributed by atoms with Crippen LogP contribution >= 0.6 is 27.5 Å². The van der Waals surface area contributed by atoms with E-state index in [2.05, 4.69) is 15.9 Å². The summed E-state index contributed by atoms with van der Waals surface area (Å²) >= 11 is 9.41. The Bertz CT molecular complexity index is 572. The Morgan fingerprint density at radius 2 is 2.00 bits per heavy atom. The topological polar surface area (TPSA) is 35.2 Å². The highest BCUT2D eigenvalue weighted by atomic mass is 79.9. The number of halogens is 2. The van der Waals surface area contributed by atoms with Crippen LogP contribution in [0.15, 0.2) is 40.9 Å². The van der Waals surface area contributed by atoms with E-state index in [0.717, 1.165) is 27.0 Å². The van der Waals surface area contributed by atoms with Crippen molar-refractivity contribution in [2.75, 3.05) is 5.73 Å². The van der Waals surface area contributed by atoms with Crippen molar-refractivity contribution in [3.05, 3.63) is 57.0 Å². The Balaban J connectivity index is 2.13. The van der Waals surface area contributed by atoms with Gasteiger partial charge < -0.3 is 10.5 Å². The van der Waals surface area contributed by atoms with Crippen molar-refractivity contribution in [3.63, 3.8) is 0 Å². The first-order valence-electron chi connectivity index (χ1n) is 5.49. The van der Waals surface area contributed by atoms with Crippen LogP contribution in [0.4, 0.5) is 5.69 Å². The highest BCUT2D eigenvalue weighted by Crippen LogP contribution is 2.25. The number of nitrogens with two attached hydrogens (primary N) is 1. The summed E-state index contributed by atoms with van der Waals surface area (Å²) in [5, 5.41) is 0.673. The molecule has 2 rings (SSSR count). The maximum atomic E-state index is 5.94. The maximum Gasteiger partial charge on any atom is 0.124 e. The Morgan fingerprint density at radius 1 is 1.22 bits per heavy atom. The van der Waals surface area contributed by atoms with Crippen LogP contribution in [0.1, 0.15) is 11.1 Å². The van der Waals surface area contributed by atoms with Crippen LogP contribution in [0.2, 0.25) is 5.02 Å². The lowest BCUT2D eigenvalue weighted by molar-refractivity contribution is 0.303. The van der Waals surface area contributed by atoms with Gasteiger partial charge in [-0.15, -0.1) is 0 Å². The first-order chi connectivity index (χ1) is 8.56. The van der Waals surface area contributed by atoms with Crippen LogP contribution in [0, 0.1) is 6.92 Å². The number of hydrogen-bond donors (Lipinski definition) is 1. The van der Waals surface area contributed by atoms with Gasteiger partial charge in [0.15, 0.2) is 0 Å². The van der Waals surface area contributed by atoms with E-state index in [1.165, 1.54) is 0 Å². The summed E-state index contributed by atoms with van der Waals surface area (Å²) in [7, 11) is 0. The molecule has 2 aromatic rings. The molecule has 2 N–H and O–H groups in total. The van der Waals surface area contributed by atoms with Crippen molar-refractivity contribution in [3.8, 4) is 5.75 Å². The molecule has 0 fully saturated rings. The quantitative estimate of drug-likeness (QED) is 0.838. The molecule has 0 aliphatic rings. The molecule has 0 aliphatic heterocycles. The third kappa shape index (κ3) is 3.18. The summed E-state index contributed by atoms with van der Waals surface area (Å²) in [4.78, 5) is 0. The van der Waals surface area contributed by atoms with Crippen LogP contribution in [0.3, 0.4) is 0 Å². The third-order valence-corrected chi connectivity index (χ3v) is 3.58. The van der Waals surface area contributed by atoms with Gasteiger partial charge in [0.25, 0.3) is 0 Å². The van der Waals surface area contributed by atoms with Crippen LogP contribution < -0.4 is 10.5 Å². The molecule has 0 heterocycles. The van der Waals surface area contributed by atoms with E-state index < -0.39 is 0 Å². The van der Waals surface area contributed by atoms with E-state index in [4.69, 9.17) is 22.1 Å². The zero-order valence-corrected chi connectivity index (χ0v) is 12.3. The normalized spacial score (nSPS) is 10.4. The van der Waals surface area contributed by atoms with Crippen molar-refractivity contribution < 1.29 is 4.74 Å². The summed E-state index contributed by atoms with van der Waals surface area (Å²) in [6, 6.07) is 11.3. The van der Waals surface area contributed by atoms with Crippen LogP contribution in [-0.4, -0.2) is 0 Å². The smallest absolute Gasteiger partial charge is 0.124 e. The molecule has 0 saturated carbocycles. The predicted octanol–water partition coefficient (Wildman–Crippen LogP) is 4.57. The molecule has 0 unspecified atom stereocenters. The van der Waals surface area contributed by atoms with Crippen molar-refractivity contribution >= 4 is 33.2 Å². The van der Waals surface area contributed by atoms with Gasteiger partial charge in [-0.1, -0.05) is 39.7 Å². The van der Waals surface area contributed by atoms with Gasteiger partial charge in [-0.25, -0.2) is 0 Å². The second-order valence-electron chi connectivity index (χ2n) is 4.05. The lowest BCUT2D eigenvalue weighted by atomic mass is 10.2. The Morgan fingerprint density at radius 3 is 2.72 bits per heavy atom. The largest absolute Gasteiger partial charge is 0.489 e. The van der Waals surface area contributed by atoms with Crippen molar-refractivity contribution in [1.29, 1.82) is 0 Å². The van der Waals surface area contributed by atoms with Gasteiger partial charge in [-0.3, -0.25) is 0 Å². The minimum Gasteiger partial charge on any atom is -0.489 e. The molecule has 4 heteroatoms. The van der Waals surface area contributed by atoms with E-state index in [1.54, 1.807) is 0 Å². The Labute approximate surface area is 120 Å². The van der Waals surface area contributed by atoms with Gasteiger partial charge in [-0.05, 0) is 36.8 Å². The zero-order chi connectivity index (χ0) is 13.1. The zero-order valence-electron chi connectivity index (χ0n) is 9.91. The molecule has 2 nitrogen and oxygen atoms in total. The molecular formula is C14H13BrClNO. The summed E-state index contributed by atoms with van der Waals surface area (Å²) in [6.45, 7) is 2.46. The van der Waals surface area contributed by atoms with Crippen molar-refractivity contribution in [2.24, 2.45) is 0 Å². The summed E-state index contributed by atoms with van der Waals surface area (Å²) in [5.74, 6) is 0.797. The average molecular weight is 327 g/mol. The monoisotopic (exact) mass is 325 g/mol. The number of hydrogen-bond acceptors (Lipinski definition) is 2. The standard InChI is InChI=1S/C14H13BrClNO/c1-9-2-4-11(16)6-14(9)18-8-10-3-5-12(17)7-13(10)15/h2-7H,8,17H2,1H3. The maximum absolute atomic E-state index is 5.94. The van der Waals surface area contributed by atoms with Crippen LogP contribution in [0.5, 0.6) is 5.75 Å². The van der Waals surface area contributed by atoms with Crippen LogP contribution in [-0.2, 0) is 6.61 Å². The lowest BCUT2D eigenvalue weighted by Crippen LogP contribution is -1.98. The summed E-state index contributed by atoms with van der Waals surface area (Å²) in [6.07, 6.45) is 0. The highest BCUT2D eigenvalue weighted by molar-refractivity contribution is 9.10. The molecule has 0 amide bonds. The van der Waals surface area contributed by atoms with Gasteiger partial charge in [0, 0.05) is 20.7 Å². The number of benzene rings is 2. The van der Waals surface area contributed by atoms with Gasteiger partial charge in [0.05, 0.1) is 0 Å². The molecule has 0 saturated heterocycles. The summed E-state index contributed by atoms with van der Waals surface area (Å²) in [5.41, 5.74) is 8.52. The second-order valence-corrected chi connectivity index (χ2v) is 5.34. The second kappa shape index (κ2) is 5.63. The number of rotatable bonds is 3. The fourth-order valence-electron chi connectivity index (χ4n) is 1.57. The first kappa shape index (κ1) is 13.2. The minimum absolute atomic E-state index is 0.474. The highest BCUT2D eigenvalue weighted by Gasteiger charge is 2.04. The van der Waals surface area contributed by atoms with E-state index in [0.29, 0.717) is 11.6 Å². The fourth-order valence-corrected chi connectivity index (χ4v) is 2.24. The van der Waals surface area contributed by atoms with E-state index in [9.17, 15) is 0 Å². The molecular weight excluding hydrogens is 314 g/mol. The molecule has 0 aliphatic carbocycles. The number of ether oxygens (including phenoxy) is 1. The fraction of sp³-hybridized carbons (Fsp3) is 0.143.